The Kier molecular flexibility index (Phi) is 3.47. The van der Waals surface area contributed by atoms with Crippen molar-refractivity contribution < 1.29 is 4.79 Å². The first-order valence-electron chi connectivity index (χ1n) is 6.41. The number of hydrogen-bond acceptors (Lipinski definition) is 4. The van der Waals surface area contributed by atoms with Crippen molar-refractivity contribution in [3.63, 3.8) is 0 Å². The van der Waals surface area contributed by atoms with Crippen molar-refractivity contribution >= 4 is 28.1 Å². The number of nitrogens with one attached hydrogen (secondary N) is 2. The predicted octanol–water partition coefficient (Wildman–Crippen LogP) is 2.51. The smallest absolute Gasteiger partial charge is 0.251 e. The Morgan fingerprint density at radius 2 is 2.30 bits per heavy atom. The van der Waals surface area contributed by atoms with Crippen molar-refractivity contribution in [3.8, 4) is 0 Å². The first-order chi connectivity index (χ1) is 9.76. The maximum atomic E-state index is 12.1. The number of carbonyl (C=O) groups excluding carboxylic acids is 1. The molecule has 2 heterocycles. The van der Waals surface area contributed by atoms with Crippen molar-refractivity contribution in [2.45, 2.75) is 19.9 Å². The van der Waals surface area contributed by atoms with E-state index in [2.05, 4.69) is 27.4 Å². The lowest BCUT2D eigenvalue weighted by Crippen LogP contribution is -2.22. The number of thiazole rings is 1. The fourth-order valence-corrected chi connectivity index (χ4v) is 2.73. The highest BCUT2D eigenvalue weighted by Crippen LogP contribution is 2.14. The number of amides is 1. The monoisotopic (exact) mass is 286 g/mol. The standard InChI is InChI=1S/C14H14N4OS/c1-2-11-7-15-13(20-11)8-16-14(19)9-3-4-10-6-17-18-12(10)5-9/h3-7H,2,8H2,1H3,(H,16,19)(H,17,18). The van der Waals surface area contributed by atoms with Gasteiger partial charge < -0.3 is 5.32 Å². The van der Waals surface area contributed by atoms with Gasteiger partial charge >= 0.3 is 0 Å². The van der Waals surface area contributed by atoms with Crippen LogP contribution < -0.4 is 5.32 Å². The van der Waals surface area contributed by atoms with Gasteiger partial charge in [-0.15, -0.1) is 11.3 Å². The van der Waals surface area contributed by atoms with E-state index in [9.17, 15) is 4.79 Å². The SMILES string of the molecule is CCc1cnc(CNC(=O)c2ccc3cn[nH]c3c2)s1. The summed E-state index contributed by atoms with van der Waals surface area (Å²) in [5, 5.41) is 11.6. The molecule has 0 spiro atoms. The molecule has 0 aliphatic rings. The van der Waals surface area contributed by atoms with Crippen LogP contribution in [0.25, 0.3) is 10.9 Å². The molecule has 0 bridgehead atoms. The molecule has 0 aliphatic heterocycles. The van der Waals surface area contributed by atoms with Crippen molar-refractivity contribution in [1.82, 2.24) is 20.5 Å². The zero-order valence-electron chi connectivity index (χ0n) is 11.0. The average Bonchev–Trinajstić information content (AvgIpc) is 3.12. The summed E-state index contributed by atoms with van der Waals surface area (Å²) in [6, 6.07) is 5.48. The summed E-state index contributed by atoms with van der Waals surface area (Å²) in [7, 11) is 0. The van der Waals surface area contributed by atoms with Gasteiger partial charge in [0.15, 0.2) is 0 Å². The second-order valence-electron chi connectivity index (χ2n) is 4.43. The van der Waals surface area contributed by atoms with Gasteiger partial charge in [-0.2, -0.15) is 5.10 Å². The van der Waals surface area contributed by atoms with E-state index < -0.39 is 0 Å². The number of benzene rings is 1. The Hall–Kier alpha value is -2.21. The summed E-state index contributed by atoms with van der Waals surface area (Å²) in [5.41, 5.74) is 1.48. The number of nitrogens with zero attached hydrogens (tertiary/aromatic N) is 2. The van der Waals surface area contributed by atoms with Crippen LogP contribution in [0.3, 0.4) is 0 Å². The maximum Gasteiger partial charge on any atom is 0.251 e. The second kappa shape index (κ2) is 5.42. The lowest BCUT2D eigenvalue weighted by atomic mass is 10.1. The number of H-pyrrole nitrogens is 1. The van der Waals surface area contributed by atoms with Gasteiger partial charge in [0.25, 0.3) is 5.91 Å². The van der Waals surface area contributed by atoms with Gasteiger partial charge in [0.1, 0.15) is 5.01 Å². The number of fused-ring (bicyclic) bond motifs is 1. The Bertz CT molecular complexity index is 746. The van der Waals surface area contributed by atoms with E-state index >= 15 is 0 Å². The van der Waals surface area contributed by atoms with Crippen LogP contribution in [0.1, 0.15) is 27.2 Å². The Morgan fingerprint density at radius 1 is 1.40 bits per heavy atom. The van der Waals surface area contributed by atoms with Gasteiger partial charge in [0.2, 0.25) is 0 Å². The van der Waals surface area contributed by atoms with Crippen molar-refractivity contribution in [2.24, 2.45) is 0 Å². The second-order valence-corrected chi connectivity index (χ2v) is 5.63. The van der Waals surface area contributed by atoms with Crippen molar-refractivity contribution in [2.75, 3.05) is 0 Å². The minimum atomic E-state index is -0.102. The third kappa shape index (κ3) is 2.55. The summed E-state index contributed by atoms with van der Waals surface area (Å²) >= 11 is 1.63. The predicted molar refractivity (Wildman–Crippen MR) is 78.8 cm³/mol. The lowest BCUT2D eigenvalue weighted by molar-refractivity contribution is 0.0951. The first kappa shape index (κ1) is 12.8. The summed E-state index contributed by atoms with van der Waals surface area (Å²) in [6.45, 7) is 2.56. The van der Waals surface area contributed by atoms with Crippen LogP contribution in [0.4, 0.5) is 0 Å². The number of aromatic nitrogens is 3. The molecule has 0 aliphatic carbocycles. The first-order valence-corrected chi connectivity index (χ1v) is 7.23. The van der Waals surface area contributed by atoms with Crippen LogP contribution in [0.2, 0.25) is 0 Å². The summed E-state index contributed by atoms with van der Waals surface area (Å²) in [4.78, 5) is 17.6. The highest BCUT2D eigenvalue weighted by Gasteiger charge is 2.08. The van der Waals surface area contributed by atoms with Gasteiger partial charge in [0.05, 0.1) is 18.3 Å². The molecular weight excluding hydrogens is 272 g/mol. The van der Waals surface area contributed by atoms with E-state index in [1.54, 1.807) is 29.7 Å². The molecule has 102 valence electrons. The molecule has 2 N–H and O–H groups in total. The molecule has 2 aromatic heterocycles. The molecule has 0 atom stereocenters. The third-order valence-corrected chi connectivity index (χ3v) is 4.20. The van der Waals surface area contributed by atoms with Crippen molar-refractivity contribution in [1.29, 1.82) is 0 Å². The summed E-state index contributed by atoms with van der Waals surface area (Å²) in [6.07, 6.45) is 4.57. The Morgan fingerprint density at radius 3 is 3.10 bits per heavy atom. The van der Waals surface area contributed by atoms with Crippen LogP contribution in [0.5, 0.6) is 0 Å². The van der Waals surface area contributed by atoms with Gasteiger partial charge in [-0.05, 0) is 18.6 Å². The minimum absolute atomic E-state index is 0.102. The average molecular weight is 286 g/mol. The zero-order valence-corrected chi connectivity index (χ0v) is 11.8. The van der Waals surface area contributed by atoms with E-state index in [-0.39, 0.29) is 5.91 Å². The zero-order chi connectivity index (χ0) is 13.9. The highest BCUT2D eigenvalue weighted by atomic mass is 32.1. The number of aryl methyl sites for hydroxylation is 1. The van der Waals surface area contributed by atoms with E-state index in [0.717, 1.165) is 22.3 Å². The highest BCUT2D eigenvalue weighted by molar-refractivity contribution is 7.11. The quantitative estimate of drug-likeness (QED) is 0.774. The van der Waals surface area contributed by atoms with E-state index in [1.165, 1.54) is 4.88 Å². The number of rotatable bonds is 4. The van der Waals surface area contributed by atoms with Crippen molar-refractivity contribution in [3.05, 3.63) is 46.0 Å². The lowest BCUT2D eigenvalue weighted by Gasteiger charge is -2.03. The molecule has 1 aromatic carbocycles. The molecule has 6 heteroatoms. The van der Waals surface area contributed by atoms with Crippen LogP contribution in [-0.2, 0) is 13.0 Å². The number of carbonyl (C=O) groups is 1. The van der Waals surface area contributed by atoms with Gasteiger partial charge in [0, 0.05) is 22.0 Å². The van der Waals surface area contributed by atoms with Crippen LogP contribution in [-0.4, -0.2) is 21.1 Å². The number of hydrogen-bond donors (Lipinski definition) is 2. The summed E-state index contributed by atoms with van der Waals surface area (Å²) < 4.78 is 0. The molecule has 20 heavy (non-hydrogen) atoms. The molecule has 0 saturated heterocycles. The Balaban J connectivity index is 1.69. The minimum Gasteiger partial charge on any atom is -0.346 e. The topological polar surface area (TPSA) is 70.7 Å². The molecule has 3 rings (SSSR count). The molecule has 5 nitrogen and oxygen atoms in total. The fraction of sp³-hybridized carbons (Fsp3) is 0.214. The molecule has 0 unspecified atom stereocenters. The van der Waals surface area contributed by atoms with E-state index in [4.69, 9.17) is 0 Å². The molecule has 0 radical (unpaired) electrons. The Labute approximate surface area is 120 Å². The van der Waals surface area contributed by atoms with E-state index in [0.29, 0.717) is 12.1 Å². The molecule has 1 amide bonds. The van der Waals surface area contributed by atoms with Gasteiger partial charge in [-0.25, -0.2) is 4.98 Å². The molecule has 0 fully saturated rings. The largest absolute Gasteiger partial charge is 0.346 e. The van der Waals surface area contributed by atoms with Crippen LogP contribution >= 0.6 is 11.3 Å². The van der Waals surface area contributed by atoms with E-state index in [1.807, 2.05) is 12.3 Å². The van der Waals surface area contributed by atoms with Crippen LogP contribution in [0, 0.1) is 0 Å². The fourth-order valence-electron chi connectivity index (χ4n) is 1.93. The summed E-state index contributed by atoms with van der Waals surface area (Å²) in [5.74, 6) is -0.102. The van der Waals surface area contributed by atoms with Gasteiger partial charge in [-0.3, -0.25) is 9.89 Å². The molecule has 0 saturated carbocycles. The van der Waals surface area contributed by atoms with Crippen LogP contribution in [0.15, 0.2) is 30.6 Å². The molecule has 3 aromatic rings. The molecular formula is C14H14N4OS. The third-order valence-electron chi connectivity index (χ3n) is 3.05. The van der Waals surface area contributed by atoms with Gasteiger partial charge in [-0.1, -0.05) is 13.0 Å². The maximum absolute atomic E-state index is 12.1. The number of aromatic amines is 1. The normalized spacial score (nSPS) is 10.8.